The van der Waals surface area contributed by atoms with Crippen molar-refractivity contribution in [3.8, 4) is 0 Å². The van der Waals surface area contributed by atoms with Crippen LogP contribution >= 0.6 is 12.4 Å². The maximum atomic E-state index is 12.5. The molecule has 1 atom stereocenters. The molecule has 1 aliphatic heterocycles. The molecule has 3 rings (SSSR count). The smallest absolute Gasteiger partial charge is 0.253 e. The maximum Gasteiger partial charge on any atom is 0.253 e. The number of hydrogen-bond donors (Lipinski definition) is 3. The molecule has 2 amide bonds. The normalized spacial score (nSPS) is 14.5. The lowest BCUT2D eigenvalue weighted by Gasteiger charge is -2.31. The van der Waals surface area contributed by atoms with Crippen LogP contribution in [0.25, 0.3) is 0 Å². The standard InChI is InChI=1S/C20H23N3O2.ClH/c1-14(16-12-21-13-16)19(24)23-18-10-6-5-9-17(18)20(25)22-11-15-7-3-2-4-8-15;/h2-10,14,16,21H,11-13H2,1H3,(H,22,25)(H,23,24);1H. The van der Waals surface area contributed by atoms with E-state index in [1.54, 1.807) is 18.2 Å². The van der Waals surface area contributed by atoms with Gasteiger partial charge in [0.15, 0.2) is 0 Å². The van der Waals surface area contributed by atoms with E-state index >= 15 is 0 Å². The van der Waals surface area contributed by atoms with E-state index in [9.17, 15) is 9.59 Å². The van der Waals surface area contributed by atoms with E-state index in [1.165, 1.54) is 0 Å². The molecule has 1 aliphatic rings. The second-order valence-electron chi connectivity index (χ2n) is 6.41. The number of rotatable bonds is 6. The first-order chi connectivity index (χ1) is 12.1. The van der Waals surface area contributed by atoms with Gasteiger partial charge in [-0.05, 0) is 36.7 Å². The monoisotopic (exact) mass is 373 g/mol. The van der Waals surface area contributed by atoms with Crippen LogP contribution in [0, 0.1) is 11.8 Å². The van der Waals surface area contributed by atoms with Gasteiger partial charge in [-0.2, -0.15) is 0 Å². The predicted octanol–water partition coefficient (Wildman–Crippen LogP) is 2.83. The molecular formula is C20H24ClN3O2. The summed E-state index contributed by atoms with van der Waals surface area (Å²) in [5.74, 6) is 0.0354. The summed E-state index contributed by atoms with van der Waals surface area (Å²) in [7, 11) is 0. The average Bonchev–Trinajstić information content (AvgIpc) is 2.59. The van der Waals surface area contributed by atoms with Crippen molar-refractivity contribution in [2.75, 3.05) is 18.4 Å². The molecule has 0 aliphatic carbocycles. The Kier molecular flexibility index (Phi) is 7.18. The third-order valence-corrected chi connectivity index (χ3v) is 4.66. The van der Waals surface area contributed by atoms with Crippen LogP contribution in [-0.4, -0.2) is 24.9 Å². The Bertz CT molecular complexity index is 748. The van der Waals surface area contributed by atoms with Gasteiger partial charge in [-0.3, -0.25) is 9.59 Å². The Morgan fingerprint density at radius 2 is 1.73 bits per heavy atom. The second kappa shape index (κ2) is 9.36. The molecule has 0 aromatic heterocycles. The van der Waals surface area contributed by atoms with Gasteiger partial charge in [-0.1, -0.05) is 49.4 Å². The van der Waals surface area contributed by atoms with Crippen LogP contribution in [0.4, 0.5) is 5.69 Å². The van der Waals surface area contributed by atoms with Crippen molar-refractivity contribution in [1.29, 1.82) is 0 Å². The fourth-order valence-electron chi connectivity index (χ4n) is 2.79. The van der Waals surface area contributed by atoms with Gasteiger partial charge in [-0.15, -0.1) is 12.4 Å². The minimum absolute atomic E-state index is 0. The summed E-state index contributed by atoms with van der Waals surface area (Å²) in [6.07, 6.45) is 0. The highest BCUT2D eigenvalue weighted by molar-refractivity contribution is 6.04. The molecule has 1 saturated heterocycles. The van der Waals surface area contributed by atoms with Gasteiger partial charge < -0.3 is 16.0 Å². The molecule has 5 nitrogen and oxygen atoms in total. The molecular weight excluding hydrogens is 350 g/mol. The number of nitrogens with one attached hydrogen (secondary N) is 3. The number of hydrogen-bond acceptors (Lipinski definition) is 3. The fraction of sp³-hybridized carbons (Fsp3) is 0.300. The number of para-hydroxylation sites is 1. The Labute approximate surface area is 160 Å². The Balaban J connectivity index is 0.00000243. The van der Waals surface area contributed by atoms with Gasteiger partial charge in [0.25, 0.3) is 5.91 Å². The van der Waals surface area contributed by atoms with Crippen LogP contribution in [0.5, 0.6) is 0 Å². The van der Waals surface area contributed by atoms with E-state index in [0.717, 1.165) is 18.7 Å². The highest BCUT2D eigenvalue weighted by atomic mass is 35.5. The number of amides is 2. The molecule has 1 heterocycles. The first-order valence-electron chi connectivity index (χ1n) is 8.58. The molecule has 138 valence electrons. The highest BCUT2D eigenvalue weighted by Crippen LogP contribution is 2.20. The SMILES string of the molecule is CC(C(=O)Nc1ccccc1C(=O)NCc1ccccc1)C1CNC1.Cl. The van der Waals surface area contributed by atoms with Crippen molar-refractivity contribution in [1.82, 2.24) is 10.6 Å². The molecule has 26 heavy (non-hydrogen) atoms. The van der Waals surface area contributed by atoms with Crippen molar-refractivity contribution in [3.05, 3.63) is 65.7 Å². The lowest BCUT2D eigenvalue weighted by molar-refractivity contribution is -0.121. The van der Waals surface area contributed by atoms with Crippen LogP contribution in [0.1, 0.15) is 22.8 Å². The fourth-order valence-corrected chi connectivity index (χ4v) is 2.79. The topological polar surface area (TPSA) is 70.2 Å². The quantitative estimate of drug-likeness (QED) is 0.729. The Morgan fingerprint density at radius 1 is 1.08 bits per heavy atom. The van der Waals surface area contributed by atoms with E-state index < -0.39 is 0 Å². The summed E-state index contributed by atoms with van der Waals surface area (Å²) >= 11 is 0. The lowest BCUT2D eigenvalue weighted by atomic mass is 9.88. The predicted molar refractivity (Wildman–Crippen MR) is 105 cm³/mol. The number of carbonyl (C=O) groups is 2. The van der Waals surface area contributed by atoms with Crippen LogP contribution in [-0.2, 0) is 11.3 Å². The zero-order valence-corrected chi connectivity index (χ0v) is 15.5. The van der Waals surface area contributed by atoms with Crippen LogP contribution in [0.2, 0.25) is 0 Å². The summed E-state index contributed by atoms with van der Waals surface area (Å²) < 4.78 is 0. The molecule has 1 fully saturated rings. The highest BCUT2D eigenvalue weighted by Gasteiger charge is 2.29. The van der Waals surface area contributed by atoms with E-state index in [1.807, 2.05) is 43.3 Å². The van der Waals surface area contributed by atoms with E-state index in [-0.39, 0.29) is 30.1 Å². The van der Waals surface area contributed by atoms with Gasteiger partial charge >= 0.3 is 0 Å². The first-order valence-corrected chi connectivity index (χ1v) is 8.58. The first kappa shape index (κ1) is 19.9. The minimum Gasteiger partial charge on any atom is -0.348 e. The second-order valence-corrected chi connectivity index (χ2v) is 6.41. The summed E-state index contributed by atoms with van der Waals surface area (Å²) in [4.78, 5) is 24.9. The molecule has 0 radical (unpaired) electrons. The van der Waals surface area contributed by atoms with Crippen LogP contribution in [0.15, 0.2) is 54.6 Å². The van der Waals surface area contributed by atoms with Crippen molar-refractivity contribution >= 4 is 29.9 Å². The molecule has 3 N–H and O–H groups in total. The van der Waals surface area contributed by atoms with Crippen molar-refractivity contribution in [3.63, 3.8) is 0 Å². The number of anilines is 1. The zero-order chi connectivity index (χ0) is 17.6. The minimum atomic E-state index is -0.197. The van der Waals surface area contributed by atoms with Gasteiger partial charge in [0.05, 0.1) is 11.3 Å². The number of carbonyl (C=O) groups excluding carboxylic acids is 2. The van der Waals surface area contributed by atoms with E-state index in [4.69, 9.17) is 0 Å². The molecule has 0 spiro atoms. The third kappa shape index (κ3) is 4.84. The average molecular weight is 374 g/mol. The summed E-state index contributed by atoms with van der Waals surface area (Å²) in [5.41, 5.74) is 2.06. The Morgan fingerprint density at radius 3 is 2.38 bits per heavy atom. The van der Waals surface area contributed by atoms with E-state index in [2.05, 4.69) is 16.0 Å². The van der Waals surface area contributed by atoms with Crippen LogP contribution in [0.3, 0.4) is 0 Å². The molecule has 1 unspecified atom stereocenters. The van der Waals surface area contributed by atoms with Crippen molar-refractivity contribution in [2.45, 2.75) is 13.5 Å². The van der Waals surface area contributed by atoms with Crippen molar-refractivity contribution in [2.24, 2.45) is 11.8 Å². The molecule has 0 saturated carbocycles. The Hall–Kier alpha value is -2.37. The summed E-state index contributed by atoms with van der Waals surface area (Å²) in [5, 5.41) is 8.99. The zero-order valence-electron chi connectivity index (χ0n) is 14.7. The van der Waals surface area contributed by atoms with E-state index in [0.29, 0.717) is 23.7 Å². The van der Waals surface area contributed by atoms with Gasteiger partial charge in [0.2, 0.25) is 5.91 Å². The maximum absolute atomic E-state index is 12.5. The molecule has 2 aromatic rings. The van der Waals surface area contributed by atoms with Gasteiger partial charge in [0, 0.05) is 12.5 Å². The molecule has 6 heteroatoms. The summed E-state index contributed by atoms with van der Waals surface area (Å²) in [6.45, 7) is 4.12. The molecule has 0 bridgehead atoms. The van der Waals surface area contributed by atoms with Crippen molar-refractivity contribution < 1.29 is 9.59 Å². The van der Waals surface area contributed by atoms with Gasteiger partial charge in [-0.25, -0.2) is 0 Å². The van der Waals surface area contributed by atoms with Crippen LogP contribution < -0.4 is 16.0 Å². The van der Waals surface area contributed by atoms with Gasteiger partial charge in [0.1, 0.15) is 0 Å². The largest absolute Gasteiger partial charge is 0.348 e. The number of halogens is 1. The molecule has 2 aromatic carbocycles. The third-order valence-electron chi connectivity index (χ3n) is 4.66. The number of benzene rings is 2. The lowest BCUT2D eigenvalue weighted by Crippen LogP contribution is -2.48. The summed E-state index contributed by atoms with van der Waals surface area (Å²) in [6, 6.07) is 16.8.